The van der Waals surface area contributed by atoms with Gasteiger partial charge in [-0.15, -0.1) is 0 Å². The van der Waals surface area contributed by atoms with E-state index < -0.39 is 0 Å². The molecule has 1 heterocycles. The second-order valence-electron chi connectivity index (χ2n) is 4.82. The van der Waals surface area contributed by atoms with Crippen molar-refractivity contribution in [3.63, 3.8) is 0 Å². The highest BCUT2D eigenvalue weighted by atomic mass is 35.5. The van der Waals surface area contributed by atoms with Crippen LogP contribution in [0, 0.1) is 5.92 Å². The van der Waals surface area contributed by atoms with Crippen molar-refractivity contribution >= 4 is 29.1 Å². The van der Waals surface area contributed by atoms with Gasteiger partial charge in [0.25, 0.3) is 0 Å². The Morgan fingerprint density at radius 1 is 1.40 bits per heavy atom. The molecule has 6 heteroatoms. The Balaban J connectivity index is 1.96. The average molecular weight is 296 g/mol. The summed E-state index contributed by atoms with van der Waals surface area (Å²) in [6, 6.07) is 7.04. The van der Waals surface area contributed by atoms with Crippen LogP contribution in [0.4, 0.5) is 5.69 Å². The Labute approximate surface area is 123 Å². The zero-order valence-corrected chi connectivity index (χ0v) is 11.9. The molecule has 1 unspecified atom stereocenters. The molecule has 0 saturated carbocycles. The second kappa shape index (κ2) is 6.72. The third kappa shape index (κ3) is 3.49. The van der Waals surface area contributed by atoms with Crippen LogP contribution in [-0.4, -0.2) is 31.4 Å². The SMILES string of the molecule is NCCCNC(=O)C1CC(=O)N(c2ccc(Cl)cc2)C1. The van der Waals surface area contributed by atoms with E-state index in [1.807, 2.05) is 0 Å². The lowest BCUT2D eigenvalue weighted by Gasteiger charge is -2.16. The monoisotopic (exact) mass is 295 g/mol. The van der Waals surface area contributed by atoms with E-state index in [4.69, 9.17) is 17.3 Å². The molecule has 0 aliphatic carbocycles. The molecule has 3 N–H and O–H groups in total. The summed E-state index contributed by atoms with van der Waals surface area (Å²) in [5.41, 5.74) is 6.15. The van der Waals surface area contributed by atoms with Gasteiger partial charge in [0.2, 0.25) is 11.8 Å². The van der Waals surface area contributed by atoms with E-state index in [1.165, 1.54) is 0 Å². The van der Waals surface area contributed by atoms with E-state index >= 15 is 0 Å². The van der Waals surface area contributed by atoms with Crippen molar-refractivity contribution in [1.82, 2.24) is 5.32 Å². The van der Waals surface area contributed by atoms with Gasteiger partial charge < -0.3 is 16.0 Å². The molecule has 1 saturated heterocycles. The Hall–Kier alpha value is -1.59. The number of rotatable bonds is 5. The zero-order chi connectivity index (χ0) is 14.5. The fourth-order valence-corrected chi connectivity index (χ4v) is 2.34. The normalized spacial score (nSPS) is 18.4. The summed E-state index contributed by atoms with van der Waals surface area (Å²) in [5, 5.41) is 3.43. The summed E-state index contributed by atoms with van der Waals surface area (Å²) in [4.78, 5) is 25.6. The first-order valence-electron chi connectivity index (χ1n) is 6.65. The molecule has 0 radical (unpaired) electrons. The minimum Gasteiger partial charge on any atom is -0.356 e. The molecular formula is C14H18ClN3O2. The van der Waals surface area contributed by atoms with Crippen LogP contribution in [0.25, 0.3) is 0 Å². The third-order valence-corrected chi connectivity index (χ3v) is 3.57. The van der Waals surface area contributed by atoms with Gasteiger partial charge in [-0.2, -0.15) is 0 Å². The predicted molar refractivity (Wildman–Crippen MR) is 78.6 cm³/mol. The maximum atomic E-state index is 12.0. The number of anilines is 1. The molecule has 20 heavy (non-hydrogen) atoms. The number of hydrogen-bond donors (Lipinski definition) is 2. The van der Waals surface area contributed by atoms with E-state index in [0.717, 1.165) is 12.1 Å². The highest BCUT2D eigenvalue weighted by Crippen LogP contribution is 2.26. The van der Waals surface area contributed by atoms with Crippen LogP contribution in [-0.2, 0) is 9.59 Å². The van der Waals surface area contributed by atoms with Crippen molar-refractivity contribution < 1.29 is 9.59 Å². The van der Waals surface area contributed by atoms with E-state index in [9.17, 15) is 9.59 Å². The Bertz CT molecular complexity index is 490. The number of carbonyl (C=O) groups is 2. The van der Waals surface area contributed by atoms with Gasteiger partial charge in [-0.05, 0) is 37.2 Å². The molecule has 0 spiro atoms. The van der Waals surface area contributed by atoms with E-state index in [2.05, 4.69) is 5.32 Å². The second-order valence-corrected chi connectivity index (χ2v) is 5.25. The van der Waals surface area contributed by atoms with Gasteiger partial charge in [0.15, 0.2) is 0 Å². The summed E-state index contributed by atoms with van der Waals surface area (Å²) in [6.45, 7) is 1.51. The van der Waals surface area contributed by atoms with Gasteiger partial charge in [0.05, 0.1) is 5.92 Å². The van der Waals surface area contributed by atoms with Gasteiger partial charge in [-0.3, -0.25) is 9.59 Å². The topological polar surface area (TPSA) is 75.4 Å². The molecule has 2 amide bonds. The van der Waals surface area contributed by atoms with Crippen molar-refractivity contribution in [1.29, 1.82) is 0 Å². The van der Waals surface area contributed by atoms with Crippen LogP contribution in [0.15, 0.2) is 24.3 Å². The number of nitrogens with zero attached hydrogens (tertiary/aromatic N) is 1. The van der Waals surface area contributed by atoms with Gasteiger partial charge >= 0.3 is 0 Å². The van der Waals surface area contributed by atoms with Crippen molar-refractivity contribution in [3.8, 4) is 0 Å². The van der Waals surface area contributed by atoms with E-state index in [-0.39, 0.29) is 24.2 Å². The molecule has 1 aliphatic rings. The molecule has 5 nitrogen and oxygen atoms in total. The Morgan fingerprint density at radius 3 is 2.75 bits per heavy atom. The Morgan fingerprint density at radius 2 is 2.10 bits per heavy atom. The maximum Gasteiger partial charge on any atom is 0.227 e. The van der Waals surface area contributed by atoms with Crippen molar-refractivity contribution in [2.24, 2.45) is 11.7 Å². The van der Waals surface area contributed by atoms with Gasteiger partial charge in [-0.25, -0.2) is 0 Å². The number of amides is 2. The maximum absolute atomic E-state index is 12.0. The zero-order valence-electron chi connectivity index (χ0n) is 11.1. The first-order valence-corrected chi connectivity index (χ1v) is 7.03. The average Bonchev–Trinajstić information content (AvgIpc) is 2.82. The first kappa shape index (κ1) is 14.8. The molecule has 0 bridgehead atoms. The summed E-state index contributed by atoms with van der Waals surface area (Å²) < 4.78 is 0. The van der Waals surface area contributed by atoms with Crippen LogP contribution in [0.1, 0.15) is 12.8 Å². The summed E-state index contributed by atoms with van der Waals surface area (Å²) in [5.74, 6) is -0.412. The van der Waals surface area contributed by atoms with Crippen LogP contribution in [0.5, 0.6) is 0 Å². The quantitative estimate of drug-likeness (QED) is 0.800. The lowest BCUT2D eigenvalue weighted by atomic mass is 10.1. The van der Waals surface area contributed by atoms with Gasteiger partial charge in [-0.1, -0.05) is 11.6 Å². The number of benzene rings is 1. The van der Waals surface area contributed by atoms with Crippen LogP contribution in [0.3, 0.4) is 0 Å². The van der Waals surface area contributed by atoms with Crippen molar-refractivity contribution in [3.05, 3.63) is 29.3 Å². The van der Waals surface area contributed by atoms with Crippen LogP contribution < -0.4 is 16.0 Å². The first-order chi connectivity index (χ1) is 9.61. The molecular weight excluding hydrogens is 278 g/mol. The summed E-state index contributed by atoms with van der Waals surface area (Å²) >= 11 is 5.83. The highest BCUT2D eigenvalue weighted by molar-refractivity contribution is 6.30. The van der Waals surface area contributed by atoms with Crippen LogP contribution in [0.2, 0.25) is 5.02 Å². The number of hydrogen-bond acceptors (Lipinski definition) is 3. The standard InChI is InChI=1S/C14H18ClN3O2/c15-11-2-4-12(5-3-11)18-9-10(8-13(18)19)14(20)17-7-1-6-16/h2-5,10H,1,6-9,16H2,(H,17,20). The van der Waals surface area contributed by atoms with Crippen LogP contribution >= 0.6 is 11.6 Å². The smallest absolute Gasteiger partial charge is 0.227 e. The minimum absolute atomic E-state index is 0.0358. The third-order valence-electron chi connectivity index (χ3n) is 3.31. The van der Waals surface area contributed by atoms with E-state index in [1.54, 1.807) is 29.2 Å². The lowest BCUT2D eigenvalue weighted by Crippen LogP contribution is -2.34. The molecule has 1 atom stereocenters. The molecule has 1 aliphatic heterocycles. The van der Waals surface area contributed by atoms with Gasteiger partial charge in [0.1, 0.15) is 0 Å². The largest absolute Gasteiger partial charge is 0.356 e. The number of nitrogens with two attached hydrogens (primary N) is 1. The minimum atomic E-state index is -0.295. The molecule has 2 rings (SSSR count). The summed E-state index contributed by atoms with van der Waals surface area (Å²) in [7, 11) is 0. The molecule has 108 valence electrons. The van der Waals surface area contributed by atoms with Crippen molar-refractivity contribution in [2.75, 3.05) is 24.5 Å². The number of nitrogens with one attached hydrogen (secondary N) is 1. The summed E-state index contributed by atoms with van der Waals surface area (Å²) in [6.07, 6.45) is 0.990. The fraction of sp³-hybridized carbons (Fsp3) is 0.429. The molecule has 0 aromatic heterocycles. The van der Waals surface area contributed by atoms with Gasteiger partial charge in [0, 0.05) is 30.2 Å². The lowest BCUT2D eigenvalue weighted by molar-refractivity contribution is -0.126. The predicted octanol–water partition coefficient (Wildman–Crippen LogP) is 1.16. The molecule has 1 fully saturated rings. The molecule has 1 aromatic rings. The Kier molecular flexibility index (Phi) is 4.98. The fourth-order valence-electron chi connectivity index (χ4n) is 2.21. The van der Waals surface area contributed by atoms with Crippen molar-refractivity contribution in [2.45, 2.75) is 12.8 Å². The van der Waals surface area contributed by atoms with E-state index in [0.29, 0.717) is 24.7 Å². The highest BCUT2D eigenvalue weighted by Gasteiger charge is 2.34. The number of carbonyl (C=O) groups excluding carboxylic acids is 2. The molecule has 1 aromatic carbocycles. The number of halogens is 1.